The molecule has 24 heavy (non-hydrogen) atoms. The van der Waals surface area contributed by atoms with Crippen LogP contribution in [0.15, 0.2) is 34.9 Å². The average molecular weight is 327 g/mol. The van der Waals surface area contributed by atoms with Crippen molar-refractivity contribution in [2.45, 2.75) is 50.9 Å². The summed E-state index contributed by atoms with van der Waals surface area (Å²) in [5, 5.41) is 20.9. The van der Waals surface area contributed by atoms with Crippen molar-refractivity contribution in [3.63, 3.8) is 0 Å². The highest BCUT2D eigenvalue weighted by atomic mass is 16.3. The van der Waals surface area contributed by atoms with Crippen LogP contribution in [0.4, 0.5) is 0 Å². The number of aliphatic hydroxyl groups excluding tert-OH is 1. The minimum atomic E-state index is -0.0757. The first kappa shape index (κ1) is 15.3. The molecule has 2 N–H and O–H groups in total. The van der Waals surface area contributed by atoms with E-state index in [0.717, 1.165) is 23.9 Å². The van der Waals surface area contributed by atoms with Crippen molar-refractivity contribution in [1.29, 1.82) is 0 Å². The predicted molar refractivity (Wildman–Crippen MR) is 88.1 cm³/mol. The molecule has 0 unspecified atom stereocenters. The van der Waals surface area contributed by atoms with E-state index in [0.29, 0.717) is 24.2 Å². The Morgan fingerprint density at radius 1 is 1.25 bits per heavy atom. The maximum atomic E-state index is 9.18. The van der Waals surface area contributed by atoms with E-state index in [1.165, 1.54) is 12.8 Å². The topological polar surface area (TPSA) is 89.0 Å². The van der Waals surface area contributed by atoms with Gasteiger partial charge in [-0.1, -0.05) is 30.2 Å². The number of hydrogen-bond acceptors (Lipinski definition) is 6. The van der Waals surface area contributed by atoms with E-state index in [1.807, 2.05) is 35.1 Å². The molecular weight excluding hydrogens is 306 g/mol. The first-order chi connectivity index (χ1) is 11.8. The SMILES string of the molecule is OCc1cn([C@@H]2CCCC[C@@H]2NCc2nc3ccccc3o2)nn1. The molecule has 2 aromatic heterocycles. The Kier molecular flexibility index (Phi) is 4.27. The molecule has 0 bridgehead atoms. The minimum absolute atomic E-state index is 0.0757. The van der Waals surface area contributed by atoms with Crippen LogP contribution in [0.1, 0.15) is 43.3 Å². The molecule has 126 valence electrons. The quantitative estimate of drug-likeness (QED) is 0.747. The standard InChI is InChI=1S/C17H21N5O2/c23-11-12-10-22(21-20-12)15-7-3-1-5-13(15)18-9-17-19-14-6-2-4-8-16(14)24-17/h2,4,6,8,10,13,15,18,23H,1,3,5,7,9,11H2/t13-,15+/m0/s1. The first-order valence-corrected chi connectivity index (χ1v) is 8.43. The predicted octanol–water partition coefficient (Wildman–Crippen LogP) is 2.19. The zero-order valence-corrected chi connectivity index (χ0v) is 13.4. The molecule has 0 saturated heterocycles. The fourth-order valence-electron chi connectivity index (χ4n) is 3.43. The lowest BCUT2D eigenvalue weighted by atomic mass is 9.90. The second kappa shape index (κ2) is 6.70. The van der Waals surface area contributed by atoms with Crippen molar-refractivity contribution in [3.8, 4) is 0 Å². The van der Waals surface area contributed by atoms with E-state index in [-0.39, 0.29) is 12.6 Å². The van der Waals surface area contributed by atoms with Gasteiger partial charge in [-0.2, -0.15) is 0 Å². The normalized spacial score (nSPS) is 21.4. The number of para-hydroxylation sites is 2. The van der Waals surface area contributed by atoms with Crippen molar-refractivity contribution in [1.82, 2.24) is 25.3 Å². The van der Waals surface area contributed by atoms with Crippen LogP contribution >= 0.6 is 0 Å². The third-order valence-electron chi connectivity index (χ3n) is 4.64. The number of nitrogens with zero attached hydrogens (tertiary/aromatic N) is 4. The van der Waals surface area contributed by atoms with Gasteiger partial charge in [0.1, 0.15) is 11.2 Å². The van der Waals surface area contributed by atoms with Gasteiger partial charge in [0.05, 0.1) is 25.4 Å². The van der Waals surface area contributed by atoms with Gasteiger partial charge in [0, 0.05) is 6.04 Å². The van der Waals surface area contributed by atoms with Crippen LogP contribution < -0.4 is 5.32 Å². The second-order valence-corrected chi connectivity index (χ2v) is 6.26. The molecular formula is C17H21N5O2. The number of aromatic nitrogens is 4. The summed E-state index contributed by atoms with van der Waals surface area (Å²) in [5.41, 5.74) is 2.31. The van der Waals surface area contributed by atoms with E-state index in [2.05, 4.69) is 20.6 Å². The van der Waals surface area contributed by atoms with Crippen LogP contribution in [-0.4, -0.2) is 31.1 Å². The number of rotatable bonds is 5. The number of benzene rings is 1. The third-order valence-corrected chi connectivity index (χ3v) is 4.64. The van der Waals surface area contributed by atoms with E-state index < -0.39 is 0 Å². The van der Waals surface area contributed by atoms with Gasteiger partial charge in [0.2, 0.25) is 5.89 Å². The van der Waals surface area contributed by atoms with E-state index >= 15 is 0 Å². The smallest absolute Gasteiger partial charge is 0.209 e. The molecule has 1 aromatic carbocycles. The van der Waals surface area contributed by atoms with Crippen LogP contribution in [-0.2, 0) is 13.2 Å². The molecule has 0 aliphatic heterocycles. The van der Waals surface area contributed by atoms with Crippen LogP contribution in [0.3, 0.4) is 0 Å². The summed E-state index contributed by atoms with van der Waals surface area (Å²) in [7, 11) is 0. The van der Waals surface area contributed by atoms with Gasteiger partial charge in [0.15, 0.2) is 5.58 Å². The van der Waals surface area contributed by atoms with Crippen molar-refractivity contribution in [2.24, 2.45) is 0 Å². The molecule has 7 heteroatoms. The molecule has 0 spiro atoms. The molecule has 1 aliphatic rings. The van der Waals surface area contributed by atoms with Crippen molar-refractivity contribution in [3.05, 3.63) is 42.0 Å². The largest absolute Gasteiger partial charge is 0.439 e. The van der Waals surface area contributed by atoms with Crippen LogP contribution in [0.25, 0.3) is 11.1 Å². The van der Waals surface area contributed by atoms with Gasteiger partial charge < -0.3 is 14.8 Å². The van der Waals surface area contributed by atoms with Crippen molar-refractivity contribution in [2.75, 3.05) is 0 Å². The van der Waals surface area contributed by atoms with E-state index in [9.17, 15) is 5.11 Å². The van der Waals surface area contributed by atoms with Crippen molar-refractivity contribution >= 4 is 11.1 Å². The van der Waals surface area contributed by atoms with Crippen LogP contribution in [0, 0.1) is 0 Å². The molecule has 1 fully saturated rings. The summed E-state index contributed by atoms with van der Waals surface area (Å²) in [4.78, 5) is 4.52. The fourth-order valence-corrected chi connectivity index (χ4v) is 3.43. The first-order valence-electron chi connectivity index (χ1n) is 8.43. The Balaban J connectivity index is 1.46. The number of fused-ring (bicyclic) bond motifs is 1. The summed E-state index contributed by atoms with van der Waals surface area (Å²) >= 11 is 0. The zero-order chi connectivity index (χ0) is 16.4. The lowest BCUT2D eigenvalue weighted by molar-refractivity contribution is 0.237. The number of nitrogens with one attached hydrogen (secondary N) is 1. The van der Waals surface area contributed by atoms with E-state index in [1.54, 1.807) is 0 Å². The maximum absolute atomic E-state index is 9.18. The van der Waals surface area contributed by atoms with Gasteiger partial charge in [-0.3, -0.25) is 0 Å². The number of oxazole rings is 1. The zero-order valence-electron chi connectivity index (χ0n) is 13.4. The highest BCUT2D eigenvalue weighted by Gasteiger charge is 2.27. The Morgan fingerprint density at radius 3 is 2.96 bits per heavy atom. The summed E-state index contributed by atoms with van der Waals surface area (Å²) in [6, 6.07) is 8.34. The van der Waals surface area contributed by atoms with Gasteiger partial charge in [-0.15, -0.1) is 5.10 Å². The molecule has 1 saturated carbocycles. The van der Waals surface area contributed by atoms with Gasteiger partial charge >= 0.3 is 0 Å². The lowest BCUT2D eigenvalue weighted by Crippen LogP contribution is -2.39. The molecule has 3 aromatic rings. The lowest BCUT2D eigenvalue weighted by Gasteiger charge is -2.31. The molecule has 4 rings (SSSR count). The molecule has 0 radical (unpaired) electrons. The second-order valence-electron chi connectivity index (χ2n) is 6.26. The number of hydrogen-bond donors (Lipinski definition) is 2. The van der Waals surface area contributed by atoms with Crippen LogP contribution in [0.2, 0.25) is 0 Å². The van der Waals surface area contributed by atoms with Gasteiger partial charge in [-0.05, 0) is 25.0 Å². The van der Waals surface area contributed by atoms with Gasteiger partial charge in [-0.25, -0.2) is 9.67 Å². The third kappa shape index (κ3) is 3.05. The van der Waals surface area contributed by atoms with Crippen LogP contribution in [0.5, 0.6) is 0 Å². The highest BCUT2D eigenvalue weighted by Crippen LogP contribution is 2.28. The summed E-state index contributed by atoms with van der Waals surface area (Å²) in [5.74, 6) is 0.704. The highest BCUT2D eigenvalue weighted by molar-refractivity contribution is 5.72. The summed E-state index contributed by atoms with van der Waals surface area (Å²) in [6.45, 7) is 0.519. The van der Waals surface area contributed by atoms with E-state index in [4.69, 9.17) is 4.42 Å². The molecule has 2 atom stereocenters. The minimum Gasteiger partial charge on any atom is -0.439 e. The Labute approximate surface area is 139 Å². The van der Waals surface area contributed by atoms with Crippen molar-refractivity contribution < 1.29 is 9.52 Å². The Hall–Kier alpha value is -2.25. The fraction of sp³-hybridized carbons (Fsp3) is 0.471. The maximum Gasteiger partial charge on any atom is 0.209 e. The van der Waals surface area contributed by atoms with Gasteiger partial charge in [0.25, 0.3) is 0 Å². The molecule has 0 amide bonds. The monoisotopic (exact) mass is 327 g/mol. The Bertz CT molecular complexity index is 779. The average Bonchev–Trinajstić information content (AvgIpc) is 3.26. The molecule has 7 nitrogen and oxygen atoms in total. The Morgan fingerprint density at radius 2 is 2.12 bits per heavy atom. The number of aliphatic hydroxyl groups is 1. The molecule has 1 aliphatic carbocycles. The summed E-state index contributed by atoms with van der Waals surface area (Å²) in [6.07, 6.45) is 6.35. The summed E-state index contributed by atoms with van der Waals surface area (Å²) < 4.78 is 7.66. The molecule has 2 heterocycles.